The summed E-state index contributed by atoms with van der Waals surface area (Å²) in [5, 5.41) is 22.5. The zero-order valence-electron chi connectivity index (χ0n) is 24.4. The number of ether oxygens (including phenoxy) is 3. The van der Waals surface area contributed by atoms with E-state index in [2.05, 4.69) is 30.2 Å². The Labute approximate surface area is 250 Å². The fourth-order valence-corrected chi connectivity index (χ4v) is 6.12. The summed E-state index contributed by atoms with van der Waals surface area (Å²) in [7, 11) is -3.04. The smallest absolute Gasteiger partial charge is 0.459 e. The molecule has 1 aliphatic heterocycles. The van der Waals surface area contributed by atoms with Gasteiger partial charge in [-0.2, -0.15) is 25.3 Å². The Kier molecular flexibility index (Phi) is 8.68. The van der Waals surface area contributed by atoms with E-state index in [9.17, 15) is 14.5 Å². The Hall–Kier alpha value is -4.02. The van der Waals surface area contributed by atoms with Crippen molar-refractivity contribution in [2.24, 2.45) is 0 Å². The van der Waals surface area contributed by atoms with Crippen LogP contribution in [-0.4, -0.2) is 84.5 Å². The largest absolute Gasteiger partial charge is 0.479 e. The Morgan fingerprint density at radius 3 is 2.68 bits per heavy atom. The van der Waals surface area contributed by atoms with Crippen LogP contribution in [0.5, 0.6) is 11.6 Å². The van der Waals surface area contributed by atoms with Crippen molar-refractivity contribution < 1.29 is 42.1 Å². The van der Waals surface area contributed by atoms with Crippen LogP contribution >= 0.6 is 7.75 Å². The maximum Gasteiger partial charge on any atom is 0.459 e. The van der Waals surface area contributed by atoms with E-state index >= 15 is 4.39 Å². The van der Waals surface area contributed by atoms with Crippen LogP contribution in [0, 0.1) is 0 Å². The lowest BCUT2D eigenvalue weighted by molar-refractivity contribution is -0.149. The third-order valence-electron chi connectivity index (χ3n) is 6.78. The number of aromatic nitrogens is 6. The van der Waals surface area contributed by atoms with E-state index in [0.717, 1.165) is 12.3 Å². The van der Waals surface area contributed by atoms with Gasteiger partial charge in [0.05, 0.1) is 38.5 Å². The van der Waals surface area contributed by atoms with Crippen molar-refractivity contribution in [3.05, 3.63) is 36.9 Å². The maximum atomic E-state index is 16.1. The van der Waals surface area contributed by atoms with Gasteiger partial charge < -0.3 is 29.6 Å². The third kappa shape index (κ3) is 6.27. The number of alkyl halides is 1. The number of anilines is 1. The lowest BCUT2D eigenvalue weighted by Gasteiger charge is -2.25. The van der Waals surface area contributed by atoms with E-state index in [4.69, 9.17) is 29.0 Å². The Morgan fingerprint density at radius 2 is 1.98 bits per heavy atom. The number of fused-ring (bicyclic) bond motifs is 2. The zero-order valence-corrected chi connectivity index (χ0v) is 25.3. The minimum atomic E-state index is -4.40. The predicted octanol–water partition coefficient (Wildman–Crippen LogP) is 2.48. The van der Waals surface area contributed by atoms with Crippen molar-refractivity contribution >= 4 is 41.6 Å². The quantitative estimate of drug-likeness (QED) is 0.160. The molecule has 5 rings (SSSR count). The SMILES string of the molecule is COc1nc(N)nc2c1ncn2[C@@H]1O[C@H](COP(=O)(N[C@@H](C)C(=O)OC(C)C)Oc2ccc3cnncc3c2)[C@@H](O)[C@@]1(C)F. The number of hydrogen-bond donors (Lipinski definition) is 3. The van der Waals surface area contributed by atoms with Crippen LogP contribution in [0.3, 0.4) is 0 Å². The number of nitrogens with two attached hydrogens (primary N) is 1. The first-order valence-electron chi connectivity index (χ1n) is 13.5. The Morgan fingerprint density at radius 1 is 1.25 bits per heavy atom. The number of aliphatic hydroxyl groups is 1. The molecular formula is C26H32FN8O8P. The summed E-state index contributed by atoms with van der Waals surface area (Å²) in [5.41, 5.74) is 3.68. The second-order valence-electron chi connectivity index (χ2n) is 10.5. The van der Waals surface area contributed by atoms with Gasteiger partial charge in [-0.1, -0.05) is 0 Å². The molecule has 3 aromatic heterocycles. The van der Waals surface area contributed by atoms with Gasteiger partial charge in [0.1, 0.15) is 24.0 Å². The number of aliphatic hydroxyl groups excluding tert-OH is 1. The molecule has 0 saturated carbocycles. The van der Waals surface area contributed by atoms with Gasteiger partial charge in [0, 0.05) is 10.8 Å². The molecule has 18 heteroatoms. The number of nitrogens with zero attached hydrogens (tertiary/aromatic N) is 6. The van der Waals surface area contributed by atoms with Gasteiger partial charge in [0.25, 0.3) is 0 Å². The second kappa shape index (κ2) is 12.2. The number of benzene rings is 1. The number of methoxy groups -OCH3 is 1. The lowest BCUT2D eigenvalue weighted by atomic mass is 9.98. The summed E-state index contributed by atoms with van der Waals surface area (Å²) in [6.07, 6.45) is -0.718. The molecule has 0 bridgehead atoms. The van der Waals surface area contributed by atoms with Crippen LogP contribution in [0.1, 0.15) is 33.9 Å². The molecule has 44 heavy (non-hydrogen) atoms. The van der Waals surface area contributed by atoms with Crippen LogP contribution in [0.2, 0.25) is 0 Å². The van der Waals surface area contributed by atoms with E-state index in [1.54, 1.807) is 32.2 Å². The molecule has 0 spiro atoms. The number of nitrogen functional groups attached to an aromatic ring is 1. The predicted molar refractivity (Wildman–Crippen MR) is 153 cm³/mol. The fraction of sp³-hybridized carbons (Fsp3) is 0.462. The van der Waals surface area contributed by atoms with Crippen molar-refractivity contribution in [3.8, 4) is 11.6 Å². The summed E-state index contributed by atoms with van der Waals surface area (Å²) in [6, 6.07) is 3.62. The monoisotopic (exact) mass is 634 g/mol. The standard InChI is InChI=1S/C26H32FN8O8P/c1-13(2)41-23(37)14(3)34-44(38,43-17-7-6-15-9-30-31-10-16(15)8-17)40-11-18-20(36)26(4,27)24(42-18)35-12-29-19-21(35)32-25(28)33-22(19)39-5/h6-10,12-14,18,20,24,36H,11H2,1-5H3,(H,34,38)(H2,28,32,33)/t14-,18+,20+,24+,26+,44?/m0/s1. The minimum absolute atomic E-state index is 0.0697. The molecule has 16 nitrogen and oxygen atoms in total. The average Bonchev–Trinajstić information content (AvgIpc) is 3.48. The second-order valence-corrected chi connectivity index (χ2v) is 12.2. The summed E-state index contributed by atoms with van der Waals surface area (Å²) in [6.45, 7) is 5.27. The minimum Gasteiger partial charge on any atom is -0.479 e. The van der Waals surface area contributed by atoms with Gasteiger partial charge in [-0.15, -0.1) is 0 Å². The number of rotatable bonds is 11. The zero-order chi connectivity index (χ0) is 31.8. The molecule has 1 saturated heterocycles. The number of esters is 1. The first kappa shape index (κ1) is 31.4. The van der Waals surface area contributed by atoms with E-state index in [1.807, 2.05) is 0 Å². The molecule has 0 radical (unpaired) electrons. The molecule has 0 amide bonds. The van der Waals surface area contributed by atoms with Gasteiger partial charge in [-0.3, -0.25) is 13.9 Å². The van der Waals surface area contributed by atoms with Gasteiger partial charge >= 0.3 is 13.7 Å². The van der Waals surface area contributed by atoms with Crippen molar-refractivity contribution in [1.82, 2.24) is 34.8 Å². The molecule has 4 heterocycles. The summed E-state index contributed by atoms with van der Waals surface area (Å²) in [5.74, 6) is -0.674. The summed E-state index contributed by atoms with van der Waals surface area (Å²) < 4.78 is 59.1. The van der Waals surface area contributed by atoms with Gasteiger partial charge in [-0.25, -0.2) is 13.9 Å². The maximum absolute atomic E-state index is 16.1. The van der Waals surface area contributed by atoms with Crippen molar-refractivity contribution in [3.63, 3.8) is 0 Å². The van der Waals surface area contributed by atoms with Gasteiger partial charge in [-0.05, 0) is 45.9 Å². The number of carbonyl (C=O) groups excluding carboxylic acids is 1. The average molecular weight is 635 g/mol. The van der Waals surface area contributed by atoms with Gasteiger partial charge in [0.2, 0.25) is 11.8 Å². The molecule has 4 aromatic rings. The van der Waals surface area contributed by atoms with Crippen LogP contribution in [-0.2, 0) is 23.4 Å². The molecule has 1 aliphatic rings. The van der Waals surface area contributed by atoms with E-state index in [-0.39, 0.29) is 28.7 Å². The number of hydrogen-bond acceptors (Lipinski definition) is 14. The first-order valence-corrected chi connectivity index (χ1v) is 15.0. The van der Waals surface area contributed by atoms with Crippen LogP contribution in [0.4, 0.5) is 10.3 Å². The van der Waals surface area contributed by atoms with Crippen LogP contribution in [0.25, 0.3) is 21.9 Å². The highest BCUT2D eigenvalue weighted by molar-refractivity contribution is 7.52. The Bertz CT molecular complexity index is 1720. The lowest BCUT2D eigenvalue weighted by Crippen LogP contribution is -2.41. The molecule has 1 aromatic carbocycles. The van der Waals surface area contributed by atoms with Crippen LogP contribution < -0.4 is 20.1 Å². The number of imidazole rings is 1. The van der Waals surface area contributed by atoms with E-state index in [0.29, 0.717) is 5.39 Å². The highest BCUT2D eigenvalue weighted by atomic mass is 31.2. The molecule has 4 N–H and O–H groups in total. The van der Waals surface area contributed by atoms with Crippen molar-refractivity contribution in [2.75, 3.05) is 19.5 Å². The van der Waals surface area contributed by atoms with Crippen molar-refractivity contribution in [2.45, 2.75) is 63.9 Å². The summed E-state index contributed by atoms with van der Waals surface area (Å²) in [4.78, 5) is 24.8. The van der Waals surface area contributed by atoms with E-state index < -0.39 is 56.6 Å². The van der Waals surface area contributed by atoms with Crippen molar-refractivity contribution in [1.29, 1.82) is 0 Å². The fourth-order valence-electron chi connectivity index (χ4n) is 4.63. The number of carbonyl (C=O) groups is 1. The molecular weight excluding hydrogens is 602 g/mol. The van der Waals surface area contributed by atoms with Gasteiger partial charge in [0.15, 0.2) is 23.1 Å². The van der Waals surface area contributed by atoms with E-state index in [1.165, 1.54) is 37.2 Å². The number of nitrogens with one attached hydrogen (secondary N) is 1. The molecule has 6 atom stereocenters. The molecule has 1 fully saturated rings. The Balaban J connectivity index is 1.40. The topological polar surface area (TPSA) is 208 Å². The highest BCUT2D eigenvalue weighted by Gasteiger charge is 2.56. The molecule has 0 aliphatic carbocycles. The third-order valence-corrected chi connectivity index (χ3v) is 8.42. The highest BCUT2D eigenvalue weighted by Crippen LogP contribution is 2.48. The first-order chi connectivity index (χ1) is 20.8. The number of halogens is 1. The molecule has 236 valence electrons. The normalized spacial score (nSPS) is 24.0. The van der Waals surface area contributed by atoms with Crippen LogP contribution in [0.15, 0.2) is 36.9 Å². The summed E-state index contributed by atoms with van der Waals surface area (Å²) >= 11 is 0. The molecule has 1 unspecified atom stereocenters.